The Morgan fingerprint density at radius 3 is 2.60 bits per heavy atom. The lowest BCUT2D eigenvalue weighted by Crippen LogP contribution is -2.25. The van der Waals surface area contributed by atoms with E-state index in [0.717, 1.165) is 24.6 Å². The van der Waals surface area contributed by atoms with E-state index in [2.05, 4.69) is 53.8 Å². The van der Waals surface area contributed by atoms with Crippen molar-refractivity contribution in [2.75, 3.05) is 6.54 Å². The van der Waals surface area contributed by atoms with Crippen molar-refractivity contribution in [1.29, 1.82) is 0 Å². The van der Waals surface area contributed by atoms with Crippen molar-refractivity contribution in [2.45, 2.75) is 39.2 Å². The number of benzene rings is 1. The monoisotopic (exact) mass is 286 g/mol. The molecule has 2 nitrogen and oxygen atoms in total. The fourth-order valence-electron chi connectivity index (χ4n) is 2.61. The molecule has 1 unspecified atom stereocenters. The Bertz CT molecular complexity index is 555. The SMILES string of the molecule is Cc1ccc(C(NCCc2nc(C)cs2)C2CC2)cc1. The van der Waals surface area contributed by atoms with Crippen LogP contribution in [0.3, 0.4) is 0 Å². The number of hydrogen-bond donors (Lipinski definition) is 1. The Kier molecular flexibility index (Phi) is 4.18. The smallest absolute Gasteiger partial charge is 0.0940 e. The van der Waals surface area contributed by atoms with Crippen molar-refractivity contribution in [3.63, 3.8) is 0 Å². The maximum Gasteiger partial charge on any atom is 0.0940 e. The molecular formula is C17H22N2S. The van der Waals surface area contributed by atoms with Crippen LogP contribution in [0.4, 0.5) is 0 Å². The first-order chi connectivity index (χ1) is 9.72. The summed E-state index contributed by atoms with van der Waals surface area (Å²) in [6.07, 6.45) is 3.76. The van der Waals surface area contributed by atoms with Crippen LogP contribution in [0.1, 0.15) is 40.7 Å². The van der Waals surface area contributed by atoms with Gasteiger partial charge in [-0.3, -0.25) is 0 Å². The van der Waals surface area contributed by atoms with Gasteiger partial charge in [0.1, 0.15) is 0 Å². The molecule has 20 heavy (non-hydrogen) atoms. The fourth-order valence-corrected chi connectivity index (χ4v) is 3.39. The second-order valence-corrected chi connectivity index (χ2v) is 6.76. The number of thiazole rings is 1. The Balaban J connectivity index is 1.59. The molecular weight excluding hydrogens is 264 g/mol. The molecule has 1 saturated carbocycles. The minimum absolute atomic E-state index is 0.525. The van der Waals surface area contributed by atoms with Crippen molar-refractivity contribution in [3.05, 3.63) is 51.5 Å². The summed E-state index contributed by atoms with van der Waals surface area (Å²) in [5, 5.41) is 7.12. The molecule has 0 bridgehead atoms. The van der Waals surface area contributed by atoms with E-state index in [-0.39, 0.29) is 0 Å². The third-order valence-corrected chi connectivity index (χ3v) is 4.93. The molecule has 1 aromatic heterocycles. The second kappa shape index (κ2) is 6.06. The lowest BCUT2D eigenvalue weighted by molar-refractivity contribution is 0.484. The van der Waals surface area contributed by atoms with Crippen LogP contribution in [0, 0.1) is 19.8 Å². The highest BCUT2D eigenvalue weighted by atomic mass is 32.1. The van der Waals surface area contributed by atoms with Gasteiger partial charge in [-0.05, 0) is 38.2 Å². The highest BCUT2D eigenvalue weighted by Crippen LogP contribution is 2.40. The third-order valence-electron chi connectivity index (χ3n) is 3.90. The molecule has 3 rings (SSSR count). The first kappa shape index (κ1) is 13.8. The number of nitrogens with one attached hydrogen (secondary N) is 1. The number of rotatable bonds is 6. The lowest BCUT2D eigenvalue weighted by atomic mass is 10.0. The molecule has 1 atom stereocenters. The molecule has 0 aliphatic heterocycles. The van der Waals surface area contributed by atoms with Gasteiger partial charge in [0.05, 0.1) is 5.01 Å². The summed E-state index contributed by atoms with van der Waals surface area (Å²) in [5.74, 6) is 0.829. The predicted octanol–water partition coefficient (Wildman–Crippen LogP) is 4.04. The lowest BCUT2D eigenvalue weighted by Gasteiger charge is -2.18. The summed E-state index contributed by atoms with van der Waals surface area (Å²) >= 11 is 1.77. The zero-order valence-electron chi connectivity index (χ0n) is 12.2. The van der Waals surface area contributed by atoms with Gasteiger partial charge < -0.3 is 5.32 Å². The van der Waals surface area contributed by atoms with Crippen LogP contribution in [0.15, 0.2) is 29.6 Å². The van der Waals surface area contributed by atoms with Crippen LogP contribution in [0.5, 0.6) is 0 Å². The molecule has 0 saturated heterocycles. The van der Waals surface area contributed by atoms with E-state index in [0.29, 0.717) is 6.04 Å². The largest absolute Gasteiger partial charge is 0.309 e. The van der Waals surface area contributed by atoms with E-state index >= 15 is 0 Å². The molecule has 1 heterocycles. The van der Waals surface area contributed by atoms with Gasteiger partial charge in [-0.25, -0.2) is 4.98 Å². The van der Waals surface area contributed by atoms with Crippen LogP contribution >= 0.6 is 11.3 Å². The van der Waals surface area contributed by atoms with Crippen LogP contribution in [0.25, 0.3) is 0 Å². The Labute approximate surface area is 125 Å². The van der Waals surface area contributed by atoms with Gasteiger partial charge in [0.2, 0.25) is 0 Å². The van der Waals surface area contributed by atoms with Crippen LogP contribution in [0.2, 0.25) is 0 Å². The quantitative estimate of drug-likeness (QED) is 0.867. The zero-order chi connectivity index (χ0) is 13.9. The van der Waals surface area contributed by atoms with Gasteiger partial charge in [-0.2, -0.15) is 0 Å². The van der Waals surface area contributed by atoms with Gasteiger partial charge in [-0.15, -0.1) is 11.3 Å². The minimum Gasteiger partial charge on any atom is -0.309 e. The van der Waals surface area contributed by atoms with Gasteiger partial charge in [-0.1, -0.05) is 29.8 Å². The van der Waals surface area contributed by atoms with Crippen molar-refractivity contribution in [2.24, 2.45) is 5.92 Å². The maximum atomic E-state index is 4.53. The summed E-state index contributed by atoms with van der Waals surface area (Å²) in [6.45, 7) is 5.23. The highest BCUT2D eigenvalue weighted by Gasteiger charge is 2.31. The van der Waals surface area contributed by atoms with E-state index in [9.17, 15) is 0 Å². The van der Waals surface area contributed by atoms with E-state index in [1.807, 2.05) is 0 Å². The standard InChI is InChI=1S/C17H22N2S/c1-12-3-5-14(6-4-12)17(15-7-8-15)18-10-9-16-19-13(2)11-20-16/h3-6,11,15,17-18H,7-10H2,1-2H3. The predicted molar refractivity (Wildman–Crippen MR) is 85.2 cm³/mol. The normalized spacial score (nSPS) is 16.3. The van der Waals surface area contributed by atoms with Crippen molar-refractivity contribution < 1.29 is 0 Å². The number of nitrogens with zero attached hydrogens (tertiary/aromatic N) is 1. The average Bonchev–Trinajstić information content (AvgIpc) is 3.19. The highest BCUT2D eigenvalue weighted by molar-refractivity contribution is 7.09. The molecule has 1 aliphatic carbocycles. The number of aryl methyl sites for hydroxylation is 2. The van der Waals surface area contributed by atoms with Crippen LogP contribution in [-0.2, 0) is 6.42 Å². The summed E-state index contributed by atoms with van der Waals surface area (Å²) < 4.78 is 0. The van der Waals surface area contributed by atoms with E-state index in [4.69, 9.17) is 0 Å². The van der Waals surface area contributed by atoms with Crippen LogP contribution in [-0.4, -0.2) is 11.5 Å². The molecule has 2 aromatic rings. The third kappa shape index (κ3) is 3.47. The molecule has 0 amide bonds. The molecule has 1 fully saturated rings. The van der Waals surface area contributed by atoms with Gasteiger partial charge in [0, 0.05) is 30.1 Å². The molecule has 1 aliphatic rings. The summed E-state index contributed by atoms with van der Waals surface area (Å²) in [5.41, 5.74) is 3.91. The fraction of sp³-hybridized carbons (Fsp3) is 0.471. The zero-order valence-corrected chi connectivity index (χ0v) is 13.0. The minimum atomic E-state index is 0.525. The second-order valence-electron chi connectivity index (χ2n) is 5.81. The molecule has 1 N–H and O–H groups in total. The maximum absolute atomic E-state index is 4.53. The van der Waals surface area contributed by atoms with Crippen molar-refractivity contribution in [3.8, 4) is 0 Å². The van der Waals surface area contributed by atoms with Gasteiger partial charge >= 0.3 is 0 Å². The van der Waals surface area contributed by atoms with Gasteiger partial charge in [0.15, 0.2) is 0 Å². The Morgan fingerprint density at radius 1 is 1.25 bits per heavy atom. The number of aromatic nitrogens is 1. The first-order valence-electron chi connectivity index (χ1n) is 7.43. The molecule has 106 valence electrons. The summed E-state index contributed by atoms with van der Waals surface area (Å²) in [4.78, 5) is 4.53. The topological polar surface area (TPSA) is 24.9 Å². The van der Waals surface area contributed by atoms with E-state index < -0.39 is 0 Å². The summed E-state index contributed by atoms with van der Waals surface area (Å²) in [6, 6.07) is 9.52. The van der Waals surface area contributed by atoms with Crippen molar-refractivity contribution >= 4 is 11.3 Å². The molecule has 0 spiro atoms. The Hall–Kier alpha value is -1.19. The first-order valence-corrected chi connectivity index (χ1v) is 8.31. The average molecular weight is 286 g/mol. The Morgan fingerprint density at radius 2 is 2.00 bits per heavy atom. The van der Waals surface area contributed by atoms with E-state index in [1.54, 1.807) is 11.3 Å². The number of hydrogen-bond acceptors (Lipinski definition) is 3. The molecule has 3 heteroatoms. The van der Waals surface area contributed by atoms with Gasteiger partial charge in [0.25, 0.3) is 0 Å². The van der Waals surface area contributed by atoms with Crippen molar-refractivity contribution in [1.82, 2.24) is 10.3 Å². The molecule has 1 aromatic carbocycles. The molecule has 0 radical (unpaired) electrons. The van der Waals surface area contributed by atoms with Crippen LogP contribution < -0.4 is 5.32 Å². The van der Waals surface area contributed by atoms with E-state index in [1.165, 1.54) is 29.0 Å². The summed E-state index contributed by atoms with van der Waals surface area (Å²) in [7, 11) is 0.